The van der Waals surface area contributed by atoms with Gasteiger partial charge in [0.2, 0.25) is 0 Å². The highest BCUT2D eigenvalue weighted by atomic mass is 35.5. The minimum absolute atomic E-state index is 0.00220. The first-order valence-electron chi connectivity index (χ1n) is 8.45. The Morgan fingerprint density at radius 3 is 1.96 bits per heavy atom. The standard InChI is InChI=1S/C23H14ClNO/c24-18-11-12-19-17(13-18)14-20-21(15-7-3-1-4-8-15)22(23(26)25(19)20)16-9-5-2-6-10-16/h1-14H. The molecule has 5 rings (SSSR count). The molecule has 1 aliphatic heterocycles. The van der Waals surface area contributed by atoms with Crippen LogP contribution in [0.25, 0.3) is 22.0 Å². The molecule has 2 nitrogen and oxygen atoms in total. The number of allylic oxidation sites excluding steroid dienone is 1. The van der Waals surface area contributed by atoms with Crippen LogP contribution >= 0.6 is 11.6 Å². The van der Waals surface area contributed by atoms with Crippen LogP contribution in [0.1, 0.15) is 21.6 Å². The first-order valence-corrected chi connectivity index (χ1v) is 8.83. The van der Waals surface area contributed by atoms with Gasteiger partial charge in [0.05, 0.1) is 16.8 Å². The third kappa shape index (κ3) is 2.16. The number of benzene rings is 3. The quantitative estimate of drug-likeness (QED) is 0.438. The van der Waals surface area contributed by atoms with Crippen LogP contribution in [0.4, 0.5) is 0 Å². The minimum Gasteiger partial charge on any atom is -0.276 e. The molecule has 3 heteroatoms. The minimum atomic E-state index is 0.00220. The van der Waals surface area contributed by atoms with Gasteiger partial charge in [-0.15, -0.1) is 0 Å². The number of hydrogen-bond acceptors (Lipinski definition) is 1. The van der Waals surface area contributed by atoms with Crippen LogP contribution < -0.4 is 0 Å². The fourth-order valence-corrected chi connectivity index (χ4v) is 3.89. The topological polar surface area (TPSA) is 22.0 Å². The normalized spacial score (nSPS) is 13.5. The van der Waals surface area contributed by atoms with Crippen LogP contribution in [0.5, 0.6) is 0 Å². The summed E-state index contributed by atoms with van der Waals surface area (Å²) in [7, 11) is 0. The van der Waals surface area contributed by atoms with Gasteiger partial charge in [-0.2, -0.15) is 0 Å². The SMILES string of the molecule is O=C1C(c2ccccc2)=C(c2ccccc2)c2cc3cc(Cl)ccc3n21. The van der Waals surface area contributed by atoms with Crippen LogP contribution in [0.2, 0.25) is 5.02 Å². The van der Waals surface area contributed by atoms with Crippen molar-refractivity contribution < 1.29 is 4.79 Å². The third-order valence-corrected chi connectivity index (χ3v) is 5.05. The zero-order valence-electron chi connectivity index (χ0n) is 13.8. The molecule has 3 aromatic carbocycles. The largest absolute Gasteiger partial charge is 0.276 e. The van der Waals surface area contributed by atoms with E-state index in [1.54, 1.807) is 4.57 Å². The lowest BCUT2D eigenvalue weighted by Crippen LogP contribution is -2.07. The van der Waals surface area contributed by atoms with E-state index in [4.69, 9.17) is 11.6 Å². The predicted molar refractivity (Wildman–Crippen MR) is 106 cm³/mol. The van der Waals surface area contributed by atoms with Gasteiger partial charge in [0.1, 0.15) is 0 Å². The molecule has 0 bridgehead atoms. The summed E-state index contributed by atoms with van der Waals surface area (Å²) in [5.41, 5.74) is 5.47. The summed E-state index contributed by atoms with van der Waals surface area (Å²) in [5, 5.41) is 1.64. The Kier molecular flexibility index (Phi) is 3.34. The van der Waals surface area contributed by atoms with Gasteiger partial charge in [-0.1, -0.05) is 72.3 Å². The maximum absolute atomic E-state index is 13.4. The van der Waals surface area contributed by atoms with E-state index < -0.39 is 0 Å². The summed E-state index contributed by atoms with van der Waals surface area (Å²) in [5.74, 6) is 0.00220. The first kappa shape index (κ1) is 15.2. The van der Waals surface area contributed by atoms with E-state index in [0.29, 0.717) is 5.02 Å². The third-order valence-electron chi connectivity index (χ3n) is 4.81. The molecule has 0 saturated heterocycles. The van der Waals surface area contributed by atoms with E-state index in [-0.39, 0.29) is 5.91 Å². The molecule has 0 amide bonds. The summed E-state index contributed by atoms with van der Waals surface area (Å²) < 4.78 is 1.80. The molecule has 0 N–H and O–H groups in total. The van der Waals surface area contributed by atoms with Gasteiger partial charge >= 0.3 is 0 Å². The number of hydrogen-bond donors (Lipinski definition) is 0. The van der Waals surface area contributed by atoms with Gasteiger partial charge in [-0.05, 0) is 35.4 Å². The number of nitrogens with zero attached hydrogens (tertiary/aromatic N) is 1. The molecule has 26 heavy (non-hydrogen) atoms. The predicted octanol–water partition coefficient (Wildman–Crippen LogP) is 5.91. The van der Waals surface area contributed by atoms with Crippen molar-refractivity contribution in [2.45, 2.75) is 0 Å². The smallest absolute Gasteiger partial charge is 0.264 e. The van der Waals surface area contributed by atoms with Crippen LogP contribution in [-0.4, -0.2) is 10.5 Å². The first-order chi connectivity index (χ1) is 12.7. The number of carbonyl (C=O) groups excluding carboxylic acids is 1. The summed E-state index contributed by atoms with van der Waals surface area (Å²) in [6.45, 7) is 0. The van der Waals surface area contributed by atoms with Gasteiger partial charge in [0.15, 0.2) is 0 Å². The van der Waals surface area contributed by atoms with E-state index in [2.05, 4.69) is 6.07 Å². The van der Waals surface area contributed by atoms with Crippen molar-refractivity contribution in [1.82, 2.24) is 4.57 Å². The molecule has 0 radical (unpaired) electrons. The number of aromatic nitrogens is 1. The molecule has 0 fully saturated rings. The Morgan fingerprint density at radius 1 is 0.692 bits per heavy atom. The van der Waals surface area contributed by atoms with Crippen LogP contribution in [0.15, 0.2) is 84.9 Å². The Labute approximate surface area is 156 Å². The van der Waals surface area contributed by atoms with E-state index in [9.17, 15) is 4.79 Å². The highest BCUT2D eigenvalue weighted by molar-refractivity contribution is 6.36. The summed E-state index contributed by atoms with van der Waals surface area (Å²) >= 11 is 6.15. The summed E-state index contributed by atoms with van der Waals surface area (Å²) in [6, 6.07) is 27.6. The van der Waals surface area contributed by atoms with Crippen molar-refractivity contribution >= 4 is 39.6 Å². The Morgan fingerprint density at radius 2 is 1.31 bits per heavy atom. The van der Waals surface area contributed by atoms with E-state index in [1.807, 2.05) is 78.9 Å². The number of rotatable bonds is 2. The Balaban J connectivity index is 1.87. The molecule has 2 heterocycles. The molecule has 4 aromatic rings. The van der Waals surface area contributed by atoms with Crippen LogP contribution in [0.3, 0.4) is 0 Å². The van der Waals surface area contributed by atoms with Gasteiger partial charge in [0.25, 0.3) is 5.91 Å². The van der Waals surface area contributed by atoms with Crippen molar-refractivity contribution in [2.24, 2.45) is 0 Å². The van der Waals surface area contributed by atoms with Crippen molar-refractivity contribution in [2.75, 3.05) is 0 Å². The van der Waals surface area contributed by atoms with Crippen LogP contribution in [-0.2, 0) is 0 Å². The lowest BCUT2D eigenvalue weighted by atomic mass is 9.94. The molecule has 0 spiro atoms. The monoisotopic (exact) mass is 355 g/mol. The van der Waals surface area contributed by atoms with E-state index >= 15 is 0 Å². The molecule has 0 unspecified atom stereocenters. The number of fused-ring (bicyclic) bond motifs is 3. The van der Waals surface area contributed by atoms with Gasteiger partial charge in [-0.3, -0.25) is 9.36 Å². The summed E-state index contributed by atoms with van der Waals surface area (Å²) in [4.78, 5) is 13.4. The van der Waals surface area contributed by atoms with Gasteiger partial charge in [-0.25, -0.2) is 0 Å². The van der Waals surface area contributed by atoms with Crippen molar-refractivity contribution in [1.29, 1.82) is 0 Å². The number of carbonyl (C=O) groups is 1. The highest BCUT2D eigenvalue weighted by Crippen LogP contribution is 2.42. The molecule has 124 valence electrons. The fourth-order valence-electron chi connectivity index (χ4n) is 3.71. The average molecular weight is 356 g/mol. The second kappa shape index (κ2) is 5.72. The molecule has 1 aromatic heterocycles. The maximum atomic E-state index is 13.4. The van der Waals surface area contributed by atoms with Crippen molar-refractivity contribution in [3.05, 3.63) is 107 Å². The second-order valence-electron chi connectivity index (χ2n) is 6.36. The number of halogens is 1. The van der Waals surface area contributed by atoms with Gasteiger partial charge in [0, 0.05) is 16.0 Å². The molecular weight excluding hydrogens is 342 g/mol. The Bertz CT molecular complexity index is 1190. The fraction of sp³-hybridized carbons (Fsp3) is 0. The maximum Gasteiger partial charge on any atom is 0.264 e. The lowest BCUT2D eigenvalue weighted by molar-refractivity contribution is 0.0989. The van der Waals surface area contributed by atoms with Crippen molar-refractivity contribution in [3.8, 4) is 0 Å². The molecule has 0 aliphatic carbocycles. The molecule has 0 saturated carbocycles. The highest BCUT2D eigenvalue weighted by Gasteiger charge is 2.32. The van der Waals surface area contributed by atoms with Crippen molar-refractivity contribution in [3.63, 3.8) is 0 Å². The van der Waals surface area contributed by atoms with E-state index in [1.165, 1.54) is 0 Å². The lowest BCUT2D eigenvalue weighted by Gasteiger charge is -2.07. The van der Waals surface area contributed by atoms with Crippen LogP contribution in [0, 0.1) is 0 Å². The summed E-state index contributed by atoms with van der Waals surface area (Å²) in [6.07, 6.45) is 0. The zero-order chi connectivity index (χ0) is 17.7. The van der Waals surface area contributed by atoms with Gasteiger partial charge < -0.3 is 0 Å². The molecule has 1 aliphatic rings. The Hall–Kier alpha value is -3.10. The molecule has 0 atom stereocenters. The zero-order valence-corrected chi connectivity index (χ0v) is 14.6. The second-order valence-corrected chi connectivity index (χ2v) is 6.79. The average Bonchev–Trinajstić information content (AvgIpc) is 3.17. The van der Waals surface area contributed by atoms with E-state index in [0.717, 1.165) is 38.9 Å². The molecular formula is C23H14ClNO.